The molecule has 9 nitrogen and oxygen atoms in total. The summed E-state index contributed by atoms with van der Waals surface area (Å²) in [4.78, 5) is 35.3. The van der Waals surface area contributed by atoms with Crippen molar-refractivity contribution in [3.63, 3.8) is 0 Å². The number of phosphoric acid groups is 1. The number of nitrogens with two attached hydrogens (primary N) is 1. The van der Waals surface area contributed by atoms with Crippen LogP contribution in [0.5, 0.6) is 0 Å². The van der Waals surface area contributed by atoms with E-state index in [4.69, 9.17) is 24.3 Å². The molecule has 0 bridgehead atoms. The first-order valence-electron chi connectivity index (χ1n) is 33.3. The molecule has 0 rings (SSSR count). The van der Waals surface area contributed by atoms with Crippen molar-refractivity contribution in [1.82, 2.24) is 0 Å². The molecule has 0 spiro atoms. The number of rotatable bonds is 60. The molecule has 0 saturated heterocycles. The molecule has 0 aromatic heterocycles. The van der Waals surface area contributed by atoms with E-state index in [0.717, 1.165) is 161 Å². The summed E-state index contributed by atoms with van der Waals surface area (Å²) in [6, 6.07) is 0. The van der Waals surface area contributed by atoms with Crippen molar-refractivity contribution < 1.29 is 37.6 Å². The van der Waals surface area contributed by atoms with Crippen molar-refractivity contribution in [1.29, 1.82) is 0 Å². The number of carbonyl (C=O) groups is 2. The van der Waals surface area contributed by atoms with Gasteiger partial charge in [-0.3, -0.25) is 18.6 Å². The van der Waals surface area contributed by atoms with E-state index < -0.39 is 32.5 Å². The number of carbonyl (C=O) groups excluding carboxylic acids is 2. The van der Waals surface area contributed by atoms with Gasteiger partial charge in [0.2, 0.25) is 0 Å². The third-order valence-electron chi connectivity index (χ3n) is 13.3. The molecule has 0 radical (unpaired) electrons. The Labute approximate surface area is 520 Å². The van der Waals surface area contributed by atoms with Gasteiger partial charge < -0.3 is 20.1 Å². The second-order valence-corrected chi connectivity index (χ2v) is 22.7. The number of ether oxygens (including phenoxy) is 2. The summed E-state index contributed by atoms with van der Waals surface area (Å²) in [5, 5.41) is 0. The van der Waals surface area contributed by atoms with Crippen LogP contribution in [0.15, 0.2) is 182 Å². The molecule has 2 unspecified atom stereocenters. The molecule has 0 aliphatic rings. The van der Waals surface area contributed by atoms with Crippen LogP contribution in [0.2, 0.25) is 0 Å². The van der Waals surface area contributed by atoms with Crippen LogP contribution < -0.4 is 5.73 Å². The van der Waals surface area contributed by atoms with E-state index in [-0.39, 0.29) is 32.6 Å². The average Bonchev–Trinajstić information content (AvgIpc) is 3.52. The Morgan fingerprint density at radius 1 is 0.353 bits per heavy atom. The first-order valence-corrected chi connectivity index (χ1v) is 34.8. The van der Waals surface area contributed by atoms with E-state index >= 15 is 0 Å². The average molecular weight is 1190 g/mol. The van der Waals surface area contributed by atoms with Crippen LogP contribution in [0.3, 0.4) is 0 Å². The third kappa shape index (κ3) is 68.1. The fourth-order valence-electron chi connectivity index (χ4n) is 8.46. The van der Waals surface area contributed by atoms with E-state index in [9.17, 15) is 19.0 Å². The SMILES string of the molecule is CC/C=C\C/C=C\C/C=C\C/C=C\C/C=C\C/C=C\C/C=C\C/C=C\C/C=C\CCCCCCCCCC(=O)OC(COC(=O)CCCCCCCCCCCC/C=C\C/C=C\C/C=C\C/C=C\C/C=C\C/C=C\CC)COP(=O)(O)OCCN. The van der Waals surface area contributed by atoms with Gasteiger partial charge >= 0.3 is 19.8 Å². The first kappa shape index (κ1) is 80.1. The van der Waals surface area contributed by atoms with Crippen molar-refractivity contribution in [3.8, 4) is 0 Å². The highest BCUT2D eigenvalue weighted by atomic mass is 31.2. The van der Waals surface area contributed by atoms with Gasteiger partial charge in [-0.15, -0.1) is 0 Å². The lowest BCUT2D eigenvalue weighted by atomic mass is 10.1. The lowest BCUT2D eigenvalue weighted by Gasteiger charge is -2.19. The summed E-state index contributed by atoms with van der Waals surface area (Å²) < 4.78 is 33.1. The van der Waals surface area contributed by atoms with E-state index in [0.29, 0.717) is 6.42 Å². The number of hydrogen-bond donors (Lipinski definition) is 2. The Morgan fingerprint density at radius 3 is 0.906 bits per heavy atom. The molecule has 0 aromatic carbocycles. The van der Waals surface area contributed by atoms with Crippen LogP contribution in [0, 0.1) is 0 Å². The van der Waals surface area contributed by atoms with E-state index in [1.165, 1.54) is 51.4 Å². The fraction of sp³-hybridized carbons (Fsp3) is 0.573. The molecule has 3 N–H and O–H groups in total. The van der Waals surface area contributed by atoms with Crippen molar-refractivity contribution in [3.05, 3.63) is 182 Å². The molecule has 0 amide bonds. The van der Waals surface area contributed by atoms with Crippen LogP contribution in [-0.2, 0) is 32.7 Å². The Balaban J connectivity index is 4.03. The summed E-state index contributed by atoms with van der Waals surface area (Å²) in [5.41, 5.74) is 5.40. The predicted molar refractivity (Wildman–Crippen MR) is 366 cm³/mol. The van der Waals surface area contributed by atoms with E-state index in [1.807, 2.05) is 0 Å². The predicted octanol–water partition coefficient (Wildman–Crippen LogP) is 22.0. The third-order valence-corrected chi connectivity index (χ3v) is 14.3. The minimum Gasteiger partial charge on any atom is -0.462 e. The topological polar surface area (TPSA) is 134 Å². The lowest BCUT2D eigenvalue weighted by molar-refractivity contribution is -0.161. The number of esters is 2. The standard InChI is InChI=1S/C75H120NO8P/c1-3-5-7-9-11-13-15-17-19-21-23-25-27-29-31-33-34-35-36-37-38-40-42-44-46-48-50-52-54-56-58-60-62-64-66-68-75(78)84-73(72-83-85(79,80)82-70-69-76)71-81-74(77)67-65-63-61-59-57-55-53-51-49-47-45-43-41-39-32-30-28-26-24-22-20-18-16-14-12-10-8-6-4-2/h5-8,11-14,17-20,23-26,29-32,34-35,37-38,41-44,48,50,73H,3-4,9-10,15-16,21-22,27-28,33,36,39-40,45-47,49,51-72,76H2,1-2H3,(H,79,80)/b7-5-,8-6-,13-11-,14-12-,19-17-,20-18-,25-23-,26-24-,31-29-,32-30-,35-34-,38-37-,43-41-,44-42-,50-48-. The van der Waals surface area contributed by atoms with Gasteiger partial charge in [-0.25, -0.2) is 4.57 Å². The molecule has 0 aliphatic heterocycles. The zero-order chi connectivity index (χ0) is 61.6. The second kappa shape index (κ2) is 68.2. The van der Waals surface area contributed by atoms with Crippen molar-refractivity contribution in [2.75, 3.05) is 26.4 Å². The van der Waals surface area contributed by atoms with Gasteiger partial charge in [0, 0.05) is 19.4 Å². The molecule has 0 aliphatic carbocycles. The molecule has 10 heteroatoms. The molecule has 0 fully saturated rings. The Bertz CT molecular complexity index is 2040. The summed E-state index contributed by atoms with van der Waals surface area (Å²) in [5.74, 6) is -0.857. The summed E-state index contributed by atoms with van der Waals surface area (Å²) in [6.45, 7) is 3.48. The number of phosphoric ester groups is 1. The molecular weight excluding hydrogens is 1070 g/mol. The van der Waals surface area contributed by atoms with Gasteiger partial charge in [-0.05, 0) is 135 Å². The minimum atomic E-state index is -4.41. The Morgan fingerprint density at radius 2 is 0.612 bits per heavy atom. The molecular formula is C75H120NO8P. The summed E-state index contributed by atoms with van der Waals surface area (Å²) >= 11 is 0. The summed E-state index contributed by atoms with van der Waals surface area (Å²) in [7, 11) is -4.41. The highest BCUT2D eigenvalue weighted by molar-refractivity contribution is 7.47. The zero-order valence-electron chi connectivity index (χ0n) is 53.5. The molecule has 0 heterocycles. The van der Waals surface area contributed by atoms with Crippen LogP contribution in [-0.4, -0.2) is 49.3 Å². The zero-order valence-corrected chi connectivity index (χ0v) is 54.4. The van der Waals surface area contributed by atoms with Crippen LogP contribution in [0.4, 0.5) is 0 Å². The largest absolute Gasteiger partial charge is 0.472 e. The van der Waals surface area contributed by atoms with Crippen LogP contribution in [0.1, 0.15) is 245 Å². The molecule has 0 aromatic rings. The van der Waals surface area contributed by atoms with Crippen molar-refractivity contribution in [2.24, 2.45) is 5.73 Å². The monoisotopic (exact) mass is 1190 g/mol. The Hall–Kier alpha value is -4.89. The summed E-state index contributed by atoms with van der Waals surface area (Å²) in [6.07, 6.45) is 102. The maximum atomic E-state index is 12.8. The van der Waals surface area contributed by atoms with Gasteiger partial charge in [0.15, 0.2) is 6.10 Å². The number of unbranched alkanes of at least 4 members (excludes halogenated alkanes) is 17. The number of hydrogen-bond acceptors (Lipinski definition) is 8. The smallest absolute Gasteiger partial charge is 0.462 e. The van der Waals surface area contributed by atoms with Crippen molar-refractivity contribution in [2.45, 2.75) is 251 Å². The fourth-order valence-corrected chi connectivity index (χ4v) is 9.22. The van der Waals surface area contributed by atoms with E-state index in [1.54, 1.807) is 0 Å². The molecule has 2 atom stereocenters. The quantitative estimate of drug-likeness (QED) is 0.0264. The van der Waals surface area contributed by atoms with E-state index in [2.05, 4.69) is 196 Å². The highest BCUT2D eigenvalue weighted by Crippen LogP contribution is 2.43. The van der Waals surface area contributed by atoms with Crippen LogP contribution >= 0.6 is 7.82 Å². The normalized spacial score (nSPS) is 14.2. The molecule has 0 saturated carbocycles. The van der Waals surface area contributed by atoms with Gasteiger partial charge in [0.1, 0.15) is 6.61 Å². The Kier molecular flexibility index (Phi) is 64.3. The van der Waals surface area contributed by atoms with Gasteiger partial charge in [-0.1, -0.05) is 280 Å². The second-order valence-electron chi connectivity index (χ2n) is 21.2. The maximum absolute atomic E-state index is 12.8. The van der Waals surface area contributed by atoms with Gasteiger partial charge in [0.25, 0.3) is 0 Å². The highest BCUT2D eigenvalue weighted by Gasteiger charge is 2.26. The van der Waals surface area contributed by atoms with Crippen molar-refractivity contribution >= 4 is 19.8 Å². The molecule has 85 heavy (non-hydrogen) atoms. The molecule has 478 valence electrons. The number of allylic oxidation sites excluding steroid dienone is 30. The van der Waals surface area contributed by atoms with Crippen LogP contribution in [0.25, 0.3) is 0 Å². The minimum absolute atomic E-state index is 0.0410. The lowest BCUT2D eigenvalue weighted by Crippen LogP contribution is -2.29. The van der Waals surface area contributed by atoms with Gasteiger partial charge in [0.05, 0.1) is 13.2 Å². The van der Waals surface area contributed by atoms with Gasteiger partial charge in [-0.2, -0.15) is 0 Å². The maximum Gasteiger partial charge on any atom is 0.472 e. The first-order chi connectivity index (χ1) is 41.8.